The van der Waals surface area contributed by atoms with Gasteiger partial charge in [-0.2, -0.15) is 5.26 Å². The monoisotopic (exact) mass is 387 g/mol. The van der Waals surface area contributed by atoms with Crippen LogP contribution in [0.1, 0.15) is 38.5 Å². The summed E-state index contributed by atoms with van der Waals surface area (Å²) in [5, 5.41) is 15.5. The molecule has 1 aliphatic heterocycles. The second-order valence-corrected chi connectivity index (χ2v) is 7.44. The highest BCUT2D eigenvalue weighted by atomic mass is 16.5. The molecule has 3 rings (SSSR count). The molecule has 2 fully saturated rings. The minimum absolute atomic E-state index is 0.0772. The third kappa shape index (κ3) is 4.75. The predicted octanol–water partition coefficient (Wildman–Crippen LogP) is 0.107. The van der Waals surface area contributed by atoms with E-state index in [0.29, 0.717) is 32.5 Å². The van der Waals surface area contributed by atoms with Crippen LogP contribution in [-0.2, 0) is 20.9 Å². The van der Waals surface area contributed by atoms with Crippen molar-refractivity contribution in [3.63, 3.8) is 0 Å². The van der Waals surface area contributed by atoms with Crippen molar-refractivity contribution in [3.05, 3.63) is 28.9 Å². The van der Waals surface area contributed by atoms with E-state index in [0.717, 1.165) is 19.3 Å². The minimum atomic E-state index is -1.02. The normalized spacial score (nSPS) is 24.0. The minimum Gasteiger partial charge on any atom is -0.381 e. The van der Waals surface area contributed by atoms with Gasteiger partial charge < -0.3 is 15.4 Å². The smallest absolute Gasteiger partial charge is 0.347 e. The first kappa shape index (κ1) is 20.0. The molecule has 1 aliphatic carbocycles. The lowest BCUT2D eigenvalue weighted by atomic mass is 9.80. The van der Waals surface area contributed by atoms with E-state index in [1.165, 1.54) is 17.0 Å². The van der Waals surface area contributed by atoms with Crippen molar-refractivity contribution in [2.75, 3.05) is 13.2 Å². The molecule has 2 aliphatic rings. The zero-order valence-corrected chi connectivity index (χ0v) is 15.7. The van der Waals surface area contributed by atoms with Crippen molar-refractivity contribution < 1.29 is 14.3 Å². The number of carbonyl (C=O) groups is 2. The number of carbonyl (C=O) groups excluding carboxylic acids is 2. The Kier molecular flexibility index (Phi) is 6.41. The average molecular weight is 387 g/mol. The first-order valence-corrected chi connectivity index (χ1v) is 9.63. The van der Waals surface area contributed by atoms with Gasteiger partial charge in [-0.3, -0.25) is 14.2 Å². The van der Waals surface area contributed by atoms with Gasteiger partial charge in [0.2, 0.25) is 11.8 Å². The van der Waals surface area contributed by atoms with Gasteiger partial charge in [0.15, 0.2) is 0 Å². The molecule has 9 nitrogen and oxygen atoms in total. The highest BCUT2D eigenvalue weighted by Gasteiger charge is 2.41. The Bertz CT molecular complexity index is 809. The lowest BCUT2D eigenvalue weighted by Gasteiger charge is -2.34. The summed E-state index contributed by atoms with van der Waals surface area (Å²) in [5.74, 6) is -0.498. The molecule has 0 aromatic carbocycles. The molecular formula is C19H25N5O4. The van der Waals surface area contributed by atoms with Crippen molar-refractivity contribution in [3.8, 4) is 6.07 Å². The molecule has 150 valence electrons. The number of nitrogens with zero attached hydrogens (tertiary/aromatic N) is 3. The Balaban J connectivity index is 1.53. The van der Waals surface area contributed by atoms with E-state index in [-0.39, 0.29) is 30.4 Å². The SMILES string of the molecule is N#CC1(C(=O)N[C@@H]2CCC[C@@H](NC(=O)Cn3cccnc3=O)C2)CCOCC1. The van der Waals surface area contributed by atoms with Crippen LogP contribution in [-0.4, -0.2) is 46.7 Å². The van der Waals surface area contributed by atoms with Crippen LogP contribution >= 0.6 is 0 Å². The topological polar surface area (TPSA) is 126 Å². The summed E-state index contributed by atoms with van der Waals surface area (Å²) in [7, 11) is 0. The zero-order chi connectivity index (χ0) is 20.0. The molecule has 28 heavy (non-hydrogen) atoms. The van der Waals surface area contributed by atoms with Gasteiger partial charge in [0, 0.05) is 37.7 Å². The van der Waals surface area contributed by atoms with E-state index < -0.39 is 11.1 Å². The number of aromatic nitrogens is 2. The van der Waals surface area contributed by atoms with Crippen molar-refractivity contribution in [1.29, 1.82) is 5.26 Å². The summed E-state index contributed by atoms with van der Waals surface area (Å²) in [5.41, 5.74) is -1.49. The van der Waals surface area contributed by atoms with Crippen molar-refractivity contribution in [2.45, 2.75) is 57.2 Å². The van der Waals surface area contributed by atoms with Crippen molar-refractivity contribution >= 4 is 11.8 Å². The molecule has 2 heterocycles. The van der Waals surface area contributed by atoms with Crippen LogP contribution in [0, 0.1) is 16.7 Å². The molecule has 1 saturated heterocycles. The first-order chi connectivity index (χ1) is 13.5. The van der Waals surface area contributed by atoms with Gasteiger partial charge in [0.25, 0.3) is 0 Å². The first-order valence-electron chi connectivity index (χ1n) is 9.63. The van der Waals surface area contributed by atoms with Crippen molar-refractivity contribution in [2.24, 2.45) is 5.41 Å². The number of hydrogen-bond donors (Lipinski definition) is 2. The van der Waals surface area contributed by atoms with Crippen molar-refractivity contribution in [1.82, 2.24) is 20.2 Å². The molecule has 9 heteroatoms. The summed E-state index contributed by atoms with van der Waals surface area (Å²) in [6, 6.07) is 3.62. The molecule has 1 saturated carbocycles. The maximum atomic E-state index is 12.7. The molecule has 0 radical (unpaired) electrons. The Labute approximate surface area is 163 Å². The van der Waals surface area contributed by atoms with Gasteiger partial charge in [-0.1, -0.05) is 0 Å². The van der Waals surface area contributed by atoms with Gasteiger partial charge in [-0.25, -0.2) is 9.78 Å². The average Bonchev–Trinajstić information content (AvgIpc) is 2.70. The van der Waals surface area contributed by atoms with Gasteiger partial charge in [-0.05, 0) is 44.6 Å². The van der Waals surface area contributed by atoms with E-state index >= 15 is 0 Å². The van der Waals surface area contributed by atoms with Gasteiger partial charge in [-0.15, -0.1) is 0 Å². The molecule has 1 aromatic heterocycles. The van der Waals surface area contributed by atoms with Crippen LogP contribution in [0.4, 0.5) is 0 Å². The maximum Gasteiger partial charge on any atom is 0.347 e. The molecule has 1 aromatic rings. The second kappa shape index (κ2) is 8.97. The lowest BCUT2D eigenvalue weighted by molar-refractivity contribution is -0.133. The van der Waals surface area contributed by atoms with E-state index in [1.54, 1.807) is 6.07 Å². The molecular weight excluding hydrogens is 362 g/mol. The summed E-state index contributed by atoms with van der Waals surface area (Å²) in [4.78, 5) is 40.2. The summed E-state index contributed by atoms with van der Waals surface area (Å²) < 4.78 is 6.53. The fourth-order valence-electron chi connectivity index (χ4n) is 3.82. The van der Waals surface area contributed by atoms with Gasteiger partial charge in [0.1, 0.15) is 12.0 Å². The quantitative estimate of drug-likeness (QED) is 0.738. The molecule has 2 N–H and O–H groups in total. The van der Waals surface area contributed by atoms with Crippen LogP contribution in [0.3, 0.4) is 0 Å². The fraction of sp³-hybridized carbons (Fsp3) is 0.632. The number of ether oxygens (including phenoxy) is 1. The summed E-state index contributed by atoms with van der Waals surface area (Å²) >= 11 is 0. The number of nitriles is 1. The molecule has 0 spiro atoms. The summed E-state index contributed by atoms with van der Waals surface area (Å²) in [6.07, 6.45) is 6.83. The zero-order valence-electron chi connectivity index (χ0n) is 15.7. The summed E-state index contributed by atoms with van der Waals surface area (Å²) in [6.45, 7) is 0.744. The van der Waals surface area contributed by atoms with Crippen LogP contribution in [0.25, 0.3) is 0 Å². The fourth-order valence-corrected chi connectivity index (χ4v) is 3.82. The molecule has 0 bridgehead atoms. The number of hydrogen-bond acceptors (Lipinski definition) is 6. The van der Waals surface area contributed by atoms with Crippen LogP contribution in [0.2, 0.25) is 0 Å². The van der Waals surface area contributed by atoms with E-state index in [4.69, 9.17) is 4.74 Å². The largest absolute Gasteiger partial charge is 0.381 e. The predicted molar refractivity (Wildman–Crippen MR) is 98.9 cm³/mol. The molecule has 2 atom stereocenters. The van der Waals surface area contributed by atoms with Crippen LogP contribution in [0.15, 0.2) is 23.3 Å². The molecule has 0 unspecified atom stereocenters. The van der Waals surface area contributed by atoms with Crippen LogP contribution in [0.5, 0.6) is 0 Å². The highest BCUT2D eigenvalue weighted by Crippen LogP contribution is 2.31. The van der Waals surface area contributed by atoms with Gasteiger partial charge >= 0.3 is 5.69 Å². The van der Waals surface area contributed by atoms with E-state index in [1.807, 2.05) is 0 Å². The number of rotatable bonds is 5. The van der Waals surface area contributed by atoms with E-state index in [2.05, 4.69) is 21.7 Å². The van der Waals surface area contributed by atoms with E-state index in [9.17, 15) is 19.6 Å². The Morgan fingerprint density at radius 1 is 1.29 bits per heavy atom. The Hall–Kier alpha value is -2.73. The third-order valence-corrected chi connectivity index (χ3v) is 5.47. The lowest BCUT2D eigenvalue weighted by Crippen LogP contribution is -2.51. The molecule has 2 amide bonds. The second-order valence-electron chi connectivity index (χ2n) is 7.44. The standard InChI is InChI=1S/C19H25N5O4/c20-13-19(5-9-28-10-6-19)17(26)23-15-4-1-3-14(11-15)22-16(25)12-24-8-2-7-21-18(24)27/h2,7-8,14-15H,1,3-6,9-12H2,(H,22,25)(H,23,26)/t14-,15-/m1/s1. The third-order valence-electron chi connectivity index (χ3n) is 5.47. The maximum absolute atomic E-state index is 12.7. The van der Waals surface area contributed by atoms with Gasteiger partial charge in [0.05, 0.1) is 6.07 Å². The van der Waals surface area contributed by atoms with Crippen LogP contribution < -0.4 is 16.3 Å². The number of amides is 2. The number of nitrogens with one attached hydrogen (secondary N) is 2. The highest BCUT2D eigenvalue weighted by molar-refractivity contribution is 5.85. The Morgan fingerprint density at radius 2 is 2.00 bits per heavy atom. The Morgan fingerprint density at radius 3 is 2.68 bits per heavy atom.